The number of aliphatic hydroxyl groups excluding tert-OH is 1. The summed E-state index contributed by atoms with van der Waals surface area (Å²) >= 11 is 0. The molecule has 1 fully saturated rings. The van der Waals surface area contributed by atoms with Crippen LogP contribution in [0.5, 0.6) is 0 Å². The number of hydrogen-bond acceptors (Lipinski definition) is 3. The van der Waals surface area contributed by atoms with Gasteiger partial charge in [-0.3, -0.25) is 9.69 Å². The van der Waals surface area contributed by atoms with Crippen molar-refractivity contribution in [1.82, 2.24) is 10.2 Å². The van der Waals surface area contributed by atoms with E-state index in [-0.39, 0.29) is 18.4 Å². The standard InChI is InChI=1S/C21H26N2O2/c24-20(18-9-5-2-6-10-18)15-21(25)22-19-11-13-23(14-12-19)16-17-7-3-1-4-8-17/h1-10,19-20,24H,11-16H2,(H,22,25). The van der Waals surface area contributed by atoms with Crippen LogP contribution in [0.25, 0.3) is 0 Å². The van der Waals surface area contributed by atoms with Crippen molar-refractivity contribution in [3.63, 3.8) is 0 Å². The van der Waals surface area contributed by atoms with Gasteiger partial charge in [-0.1, -0.05) is 60.7 Å². The number of hydrogen-bond donors (Lipinski definition) is 2. The topological polar surface area (TPSA) is 52.6 Å². The molecule has 1 aliphatic rings. The number of nitrogens with one attached hydrogen (secondary N) is 1. The van der Waals surface area contributed by atoms with Crippen LogP contribution in [-0.2, 0) is 11.3 Å². The molecule has 1 unspecified atom stereocenters. The van der Waals surface area contributed by atoms with E-state index < -0.39 is 6.10 Å². The molecular formula is C21H26N2O2. The molecule has 2 N–H and O–H groups in total. The molecule has 0 spiro atoms. The number of nitrogens with zero attached hydrogens (tertiary/aromatic N) is 1. The van der Waals surface area contributed by atoms with E-state index in [4.69, 9.17) is 0 Å². The second kappa shape index (κ2) is 8.79. The summed E-state index contributed by atoms with van der Waals surface area (Å²) in [6.07, 6.45) is 1.30. The quantitative estimate of drug-likeness (QED) is 0.851. The minimum atomic E-state index is -0.737. The fourth-order valence-corrected chi connectivity index (χ4v) is 3.33. The van der Waals surface area contributed by atoms with Gasteiger partial charge in [0.2, 0.25) is 5.91 Å². The molecule has 1 heterocycles. The fraction of sp³-hybridized carbons (Fsp3) is 0.381. The molecule has 1 amide bonds. The number of likely N-dealkylation sites (tertiary alicyclic amines) is 1. The Hall–Kier alpha value is -2.17. The number of carbonyl (C=O) groups excluding carboxylic acids is 1. The van der Waals surface area contributed by atoms with Crippen LogP contribution in [0.15, 0.2) is 60.7 Å². The van der Waals surface area contributed by atoms with E-state index >= 15 is 0 Å². The maximum absolute atomic E-state index is 12.2. The van der Waals surface area contributed by atoms with Gasteiger partial charge in [-0.15, -0.1) is 0 Å². The molecule has 0 radical (unpaired) electrons. The van der Waals surface area contributed by atoms with E-state index in [0.717, 1.165) is 38.0 Å². The lowest BCUT2D eigenvalue weighted by Gasteiger charge is -2.32. The van der Waals surface area contributed by atoms with Crippen molar-refractivity contribution in [3.8, 4) is 0 Å². The Morgan fingerprint density at radius 2 is 1.64 bits per heavy atom. The zero-order valence-corrected chi connectivity index (χ0v) is 14.5. The molecule has 0 bridgehead atoms. The molecule has 2 aromatic rings. The average Bonchev–Trinajstić information content (AvgIpc) is 2.65. The summed E-state index contributed by atoms with van der Waals surface area (Å²) in [4.78, 5) is 14.6. The first kappa shape index (κ1) is 17.6. The van der Waals surface area contributed by atoms with E-state index in [1.54, 1.807) is 0 Å². The van der Waals surface area contributed by atoms with Crippen molar-refractivity contribution in [2.75, 3.05) is 13.1 Å². The normalized spacial score (nSPS) is 17.2. The Kier molecular flexibility index (Phi) is 6.20. The molecule has 4 nitrogen and oxygen atoms in total. The molecule has 1 saturated heterocycles. The van der Waals surface area contributed by atoms with Gasteiger partial charge in [-0.25, -0.2) is 0 Å². The lowest BCUT2D eigenvalue weighted by atomic mass is 10.0. The predicted octanol–water partition coefficient (Wildman–Crippen LogP) is 2.89. The maximum Gasteiger partial charge on any atom is 0.223 e. The molecular weight excluding hydrogens is 312 g/mol. The van der Waals surface area contributed by atoms with Crippen molar-refractivity contribution in [2.24, 2.45) is 0 Å². The Labute approximate surface area is 149 Å². The molecule has 2 aromatic carbocycles. The van der Waals surface area contributed by atoms with E-state index in [9.17, 15) is 9.90 Å². The fourth-order valence-electron chi connectivity index (χ4n) is 3.33. The largest absolute Gasteiger partial charge is 0.388 e. The van der Waals surface area contributed by atoms with Crippen LogP contribution in [-0.4, -0.2) is 35.0 Å². The first-order valence-corrected chi connectivity index (χ1v) is 8.99. The molecule has 1 aliphatic heterocycles. The predicted molar refractivity (Wildman–Crippen MR) is 98.9 cm³/mol. The van der Waals surface area contributed by atoms with Crippen molar-refractivity contribution >= 4 is 5.91 Å². The van der Waals surface area contributed by atoms with E-state index in [1.165, 1.54) is 5.56 Å². The van der Waals surface area contributed by atoms with Crippen molar-refractivity contribution < 1.29 is 9.90 Å². The van der Waals surface area contributed by atoms with Crippen LogP contribution in [0.4, 0.5) is 0 Å². The number of aliphatic hydroxyl groups is 1. The van der Waals surface area contributed by atoms with Crippen LogP contribution in [0.2, 0.25) is 0 Å². The Morgan fingerprint density at radius 1 is 1.04 bits per heavy atom. The number of piperidine rings is 1. The maximum atomic E-state index is 12.2. The third kappa shape index (κ3) is 5.41. The van der Waals surface area contributed by atoms with Gasteiger partial charge in [0.15, 0.2) is 0 Å². The lowest BCUT2D eigenvalue weighted by molar-refractivity contribution is -0.124. The minimum absolute atomic E-state index is 0.0714. The summed E-state index contributed by atoms with van der Waals surface area (Å²) in [5.74, 6) is -0.0714. The smallest absolute Gasteiger partial charge is 0.223 e. The van der Waals surface area contributed by atoms with Crippen LogP contribution < -0.4 is 5.32 Å². The van der Waals surface area contributed by atoms with Crippen LogP contribution in [0, 0.1) is 0 Å². The Balaban J connectivity index is 1.40. The first-order valence-electron chi connectivity index (χ1n) is 8.99. The number of amides is 1. The zero-order chi connectivity index (χ0) is 17.5. The molecule has 0 aromatic heterocycles. The average molecular weight is 338 g/mol. The van der Waals surface area contributed by atoms with Crippen LogP contribution in [0.1, 0.15) is 36.5 Å². The third-order valence-corrected chi connectivity index (χ3v) is 4.76. The van der Waals surface area contributed by atoms with Gasteiger partial charge in [-0.2, -0.15) is 0 Å². The van der Waals surface area contributed by atoms with Crippen LogP contribution in [0.3, 0.4) is 0 Å². The molecule has 0 saturated carbocycles. The molecule has 4 heteroatoms. The van der Waals surface area contributed by atoms with Gasteiger partial charge in [0.25, 0.3) is 0 Å². The van der Waals surface area contributed by atoms with Gasteiger partial charge in [0, 0.05) is 25.7 Å². The third-order valence-electron chi connectivity index (χ3n) is 4.76. The number of rotatable bonds is 6. The summed E-state index contributed by atoms with van der Waals surface area (Å²) < 4.78 is 0. The van der Waals surface area contributed by atoms with E-state index in [0.29, 0.717) is 0 Å². The highest BCUT2D eigenvalue weighted by atomic mass is 16.3. The second-order valence-corrected chi connectivity index (χ2v) is 6.73. The van der Waals surface area contributed by atoms with E-state index in [1.807, 2.05) is 36.4 Å². The highest BCUT2D eigenvalue weighted by molar-refractivity contribution is 5.77. The summed E-state index contributed by atoms with van der Waals surface area (Å²) in [6, 6.07) is 20.0. The van der Waals surface area contributed by atoms with Gasteiger partial charge < -0.3 is 10.4 Å². The lowest BCUT2D eigenvalue weighted by Crippen LogP contribution is -2.44. The van der Waals surface area contributed by atoms with Crippen LogP contribution >= 0.6 is 0 Å². The first-order chi connectivity index (χ1) is 12.2. The monoisotopic (exact) mass is 338 g/mol. The van der Waals surface area contributed by atoms with Gasteiger partial charge in [0.1, 0.15) is 0 Å². The Morgan fingerprint density at radius 3 is 2.28 bits per heavy atom. The number of carbonyl (C=O) groups is 1. The SMILES string of the molecule is O=C(CC(O)c1ccccc1)NC1CCN(Cc2ccccc2)CC1. The highest BCUT2D eigenvalue weighted by Crippen LogP contribution is 2.17. The second-order valence-electron chi connectivity index (χ2n) is 6.73. The Bertz CT molecular complexity index is 652. The molecule has 0 aliphatic carbocycles. The van der Waals surface area contributed by atoms with Crippen molar-refractivity contribution in [2.45, 2.75) is 38.0 Å². The van der Waals surface area contributed by atoms with Crippen molar-refractivity contribution in [3.05, 3.63) is 71.8 Å². The van der Waals surface area contributed by atoms with Crippen molar-refractivity contribution in [1.29, 1.82) is 0 Å². The molecule has 3 rings (SSSR count). The molecule has 132 valence electrons. The minimum Gasteiger partial charge on any atom is -0.388 e. The van der Waals surface area contributed by atoms with Gasteiger partial charge >= 0.3 is 0 Å². The summed E-state index contributed by atoms with van der Waals surface area (Å²) in [5.41, 5.74) is 2.12. The highest BCUT2D eigenvalue weighted by Gasteiger charge is 2.22. The number of benzene rings is 2. The van der Waals surface area contributed by atoms with Gasteiger partial charge in [0.05, 0.1) is 12.5 Å². The molecule has 1 atom stereocenters. The summed E-state index contributed by atoms with van der Waals surface area (Å²) in [5, 5.41) is 13.2. The zero-order valence-electron chi connectivity index (χ0n) is 14.5. The summed E-state index contributed by atoms with van der Waals surface area (Å²) in [6.45, 7) is 2.94. The van der Waals surface area contributed by atoms with Gasteiger partial charge in [-0.05, 0) is 24.0 Å². The van der Waals surface area contributed by atoms with E-state index in [2.05, 4.69) is 34.5 Å². The summed E-state index contributed by atoms with van der Waals surface area (Å²) in [7, 11) is 0. The molecule has 25 heavy (non-hydrogen) atoms.